The zero-order chi connectivity index (χ0) is 12.6. The molecule has 1 amide bonds. The Morgan fingerprint density at radius 1 is 1.44 bits per heavy atom. The van der Waals surface area contributed by atoms with Crippen LogP contribution < -0.4 is 0 Å². The second-order valence-electron chi connectivity index (χ2n) is 3.75. The van der Waals surface area contributed by atoms with E-state index in [-0.39, 0.29) is 5.91 Å². The summed E-state index contributed by atoms with van der Waals surface area (Å²) in [6.45, 7) is 14.1. The molecule has 3 heteroatoms. The van der Waals surface area contributed by atoms with E-state index < -0.39 is 0 Å². The van der Waals surface area contributed by atoms with Crippen LogP contribution >= 0.6 is 0 Å². The van der Waals surface area contributed by atoms with E-state index in [0.717, 1.165) is 18.7 Å². The summed E-state index contributed by atoms with van der Waals surface area (Å²) in [7, 11) is 0. The van der Waals surface area contributed by atoms with Gasteiger partial charge in [-0.3, -0.25) is 4.79 Å². The van der Waals surface area contributed by atoms with Gasteiger partial charge in [0.05, 0.1) is 6.61 Å². The van der Waals surface area contributed by atoms with Crippen LogP contribution in [0.5, 0.6) is 0 Å². The average Bonchev–Trinajstić information content (AvgIpc) is 2.53. The Labute approximate surface area is 99.5 Å². The van der Waals surface area contributed by atoms with Crippen molar-refractivity contribution < 1.29 is 9.53 Å². The lowest BCUT2D eigenvalue weighted by Gasteiger charge is -2.18. The lowest BCUT2D eigenvalue weighted by atomic mass is 10.1. The molecule has 0 aromatic rings. The largest absolute Gasteiger partial charge is 0.380 e. The first-order chi connectivity index (χ1) is 7.66. The van der Waals surface area contributed by atoms with Crippen LogP contribution in [0.1, 0.15) is 40.5 Å². The molecule has 0 radical (unpaired) electrons. The number of carbonyl (C=O) groups is 1. The highest BCUT2D eigenvalue weighted by Crippen LogP contribution is 2.26. The van der Waals surface area contributed by atoms with Crippen molar-refractivity contribution in [1.82, 2.24) is 4.90 Å². The predicted octanol–water partition coefficient (Wildman–Crippen LogP) is 2.82. The topological polar surface area (TPSA) is 29.5 Å². The second kappa shape index (κ2) is 8.34. The first kappa shape index (κ1) is 15.2. The molecule has 94 valence electrons. The van der Waals surface area contributed by atoms with Crippen molar-refractivity contribution >= 4 is 5.91 Å². The molecule has 0 aliphatic carbocycles. The quantitative estimate of drug-likeness (QED) is 0.676. The van der Waals surface area contributed by atoms with Crippen molar-refractivity contribution in [2.45, 2.75) is 40.5 Å². The number of allylic oxidation sites excluding steroid dienone is 1. The van der Waals surface area contributed by atoms with Crippen LogP contribution in [0.2, 0.25) is 0 Å². The summed E-state index contributed by atoms with van der Waals surface area (Å²) < 4.78 is 5.34. The minimum absolute atomic E-state index is 0.183. The third-order valence-electron chi connectivity index (χ3n) is 2.51. The molecular weight excluding hydrogens is 202 g/mol. The lowest BCUT2D eigenvalue weighted by molar-refractivity contribution is -0.127. The molecule has 0 spiro atoms. The van der Waals surface area contributed by atoms with Crippen LogP contribution in [0, 0.1) is 5.92 Å². The summed E-state index contributed by atoms with van der Waals surface area (Å²) in [5.41, 5.74) is 0.940. The highest BCUT2D eigenvalue weighted by Gasteiger charge is 2.29. The Hall–Kier alpha value is -0.830. The van der Waals surface area contributed by atoms with E-state index in [0.29, 0.717) is 25.5 Å². The minimum atomic E-state index is 0.183. The molecule has 0 N–H and O–H groups in total. The number of carbonyl (C=O) groups excluding carboxylic acids is 1. The minimum Gasteiger partial charge on any atom is -0.380 e. The maximum atomic E-state index is 11.5. The Morgan fingerprint density at radius 3 is 2.50 bits per heavy atom. The van der Waals surface area contributed by atoms with E-state index in [9.17, 15) is 4.79 Å². The van der Waals surface area contributed by atoms with Crippen molar-refractivity contribution in [3.8, 4) is 0 Å². The lowest BCUT2D eigenvalue weighted by Crippen LogP contribution is -2.27. The van der Waals surface area contributed by atoms with Gasteiger partial charge in [-0.15, -0.1) is 0 Å². The van der Waals surface area contributed by atoms with Crippen molar-refractivity contribution in [1.29, 1.82) is 0 Å². The average molecular weight is 227 g/mol. The molecule has 0 aromatic carbocycles. The molecule has 0 saturated carbocycles. The molecule has 1 unspecified atom stereocenters. The third-order valence-corrected chi connectivity index (χ3v) is 2.51. The number of likely N-dealkylation sites (tertiary alicyclic amines) is 1. The molecule has 1 saturated heterocycles. The van der Waals surface area contributed by atoms with Gasteiger partial charge in [0.2, 0.25) is 5.91 Å². The number of hydrogen-bond acceptors (Lipinski definition) is 2. The van der Waals surface area contributed by atoms with E-state index in [1.165, 1.54) is 0 Å². The smallest absolute Gasteiger partial charge is 0.227 e. The van der Waals surface area contributed by atoms with Crippen LogP contribution in [0.15, 0.2) is 12.3 Å². The molecule has 1 fully saturated rings. The number of amides is 1. The van der Waals surface area contributed by atoms with Crippen molar-refractivity contribution in [3.05, 3.63) is 12.3 Å². The maximum absolute atomic E-state index is 11.5. The molecule has 16 heavy (non-hydrogen) atoms. The fourth-order valence-electron chi connectivity index (χ4n) is 1.59. The van der Waals surface area contributed by atoms with E-state index in [1.807, 2.05) is 20.8 Å². The van der Waals surface area contributed by atoms with Gasteiger partial charge in [0.15, 0.2) is 0 Å². The van der Waals surface area contributed by atoms with Gasteiger partial charge in [-0.05, 0) is 6.42 Å². The van der Waals surface area contributed by atoms with Gasteiger partial charge in [0.25, 0.3) is 0 Å². The van der Waals surface area contributed by atoms with Crippen molar-refractivity contribution in [3.63, 3.8) is 0 Å². The zero-order valence-electron chi connectivity index (χ0n) is 11.1. The molecule has 1 aliphatic heterocycles. The van der Waals surface area contributed by atoms with Gasteiger partial charge >= 0.3 is 0 Å². The van der Waals surface area contributed by atoms with Gasteiger partial charge < -0.3 is 9.64 Å². The van der Waals surface area contributed by atoms with E-state index in [2.05, 4.69) is 13.5 Å². The molecule has 1 rings (SSSR count). The first-order valence-electron chi connectivity index (χ1n) is 6.23. The van der Waals surface area contributed by atoms with Crippen molar-refractivity contribution in [2.24, 2.45) is 5.92 Å². The Balaban J connectivity index is 0.00000106. The summed E-state index contributed by atoms with van der Waals surface area (Å²) in [4.78, 5) is 13.2. The fraction of sp³-hybridized carbons (Fsp3) is 0.769. The molecule has 1 heterocycles. The SMILES string of the molecule is C=C1C(C)CC(=O)N1CCOCCC.CC. The zero-order valence-corrected chi connectivity index (χ0v) is 11.1. The molecule has 1 atom stereocenters. The van der Waals surface area contributed by atoms with Crippen molar-refractivity contribution in [2.75, 3.05) is 19.8 Å². The Kier molecular flexibility index (Phi) is 7.90. The van der Waals surface area contributed by atoms with Crippen LogP contribution in [-0.4, -0.2) is 30.6 Å². The van der Waals surface area contributed by atoms with E-state index in [4.69, 9.17) is 4.74 Å². The normalized spacial score (nSPS) is 19.8. The highest BCUT2D eigenvalue weighted by molar-refractivity contribution is 5.81. The summed E-state index contributed by atoms with van der Waals surface area (Å²) in [6, 6.07) is 0. The monoisotopic (exact) mass is 227 g/mol. The fourth-order valence-corrected chi connectivity index (χ4v) is 1.59. The molecule has 0 bridgehead atoms. The van der Waals surface area contributed by atoms with Gasteiger partial charge in [-0.25, -0.2) is 0 Å². The van der Waals surface area contributed by atoms with Crippen LogP contribution in [0.4, 0.5) is 0 Å². The Morgan fingerprint density at radius 2 is 2.06 bits per heavy atom. The number of hydrogen-bond donors (Lipinski definition) is 0. The van der Waals surface area contributed by atoms with Gasteiger partial charge in [0.1, 0.15) is 0 Å². The third kappa shape index (κ3) is 4.35. The van der Waals surface area contributed by atoms with E-state index >= 15 is 0 Å². The van der Waals surface area contributed by atoms with Crippen LogP contribution in [0.25, 0.3) is 0 Å². The molecule has 1 aliphatic rings. The Bertz CT molecular complexity index is 226. The van der Waals surface area contributed by atoms with Gasteiger partial charge in [-0.2, -0.15) is 0 Å². The summed E-state index contributed by atoms with van der Waals surface area (Å²) >= 11 is 0. The van der Waals surface area contributed by atoms with E-state index in [1.54, 1.807) is 4.90 Å². The first-order valence-corrected chi connectivity index (χ1v) is 6.23. The summed E-state index contributed by atoms with van der Waals surface area (Å²) in [5.74, 6) is 0.483. The van der Waals surface area contributed by atoms with Gasteiger partial charge in [0, 0.05) is 31.2 Å². The van der Waals surface area contributed by atoms with Crippen LogP contribution in [0.3, 0.4) is 0 Å². The van der Waals surface area contributed by atoms with Crippen LogP contribution in [-0.2, 0) is 9.53 Å². The summed E-state index contributed by atoms with van der Waals surface area (Å²) in [6.07, 6.45) is 1.62. The molecular formula is C13H25NO2. The standard InChI is InChI=1S/C11H19NO2.C2H6/c1-4-6-14-7-5-12-10(3)9(2)8-11(12)13;1-2/h9H,3-8H2,1-2H3;1-2H3. The van der Waals surface area contributed by atoms with Gasteiger partial charge in [-0.1, -0.05) is 34.3 Å². The predicted molar refractivity (Wildman–Crippen MR) is 67.1 cm³/mol. The molecule has 0 aromatic heterocycles. The highest BCUT2D eigenvalue weighted by atomic mass is 16.5. The number of nitrogens with zero attached hydrogens (tertiary/aromatic N) is 1. The molecule has 3 nitrogen and oxygen atoms in total. The second-order valence-corrected chi connectivity index (χ2v) is 3.75. The summed E-state index contributed by atoms with van der Waals surface area (Å²) in [5, 5.41) is 0. The number of rotatable bonds is 5. The number of ether oxygens (including phenoxy) is 1. The maximum Gasteiger partial charge on any atom is 0.227 e.